The van der Waals surface area contributed by atoms with Crippen LogP contribution < -0.4 is 4.84 Å². The first-order valence-electron chi connectivity index (χ1n) is 7.92. The topological polar surface area (TPSA) is 21.7 Å². The van der Waals surface area contributed by atoms with Crippen LogP contribution in [0.3, 0.4) is 0 Å². The normalized spacial score (nSPS) is 26.2. The van der Waals surface area contributed by atoms with Crippen molar-refractivity contribution in [3.63, 3.8) is 0 Å². The molecule has 0 aliphatic carbocycles. The highest BCUT2D eigenvalue weighted by Gasteiger charge is 2.40. The van der Waals surface area contributed by atoms with E-state index in [0.29, 0.717) is 12.7 Å². The van der Waals surface area contributed by atoms with Gasteiger partial charge in [0.15, 0.2) is 0 Å². The zero-order valence-corrected chi connectivity index (χ0v) is 12.9. The van der Waals surface area contributed by atoms with Gasteiger partial charge in [0.1, 0.15) is 5.75 Å². The van der Waals surface area contributed by atoms with Crippen LogP contribution in [0.15, 0.2) is 30.3 Å². The van der Waals surface area contributed by atoms with Crippen LogP contribution in [0.5, 0.6) is 5.75 Å². The largest absolute Gasteiger partial charge is 0.435 e. The maximum Gasteiger partial charge on any atom is 0.299 e. The maximum absolute atomic E-state index is 5.93. The standard InChI is InChI=1S/C14H20BNO2.C2H6/c1-12-7-10-17-15-8-9-16(11-14(12)15)18-13-5-3-2-4-6-13;1-2/h2-6,12,14H,7-11H2,1H3;1-2H3/t12?,14-;/m0./s1. The van der Waals surface area contributed by atoms with Gasteiger partial charge in [0.25, 0.3) is 6.92 Å². The summed E-state index contributed by atoms with van der Waals surface area (Å²) in [5.41, 5.74) is 0. The lowest BCUT2D eigenvalue weighted by atomic mass is 9.46. The quantitative estimate of drug-likeness (QED) is 0.767. The minimum Gasteiger partial charge on any atom is -0.435 e. The summed E-state index contributed by atoms with van der Waals surface area (Å²) in [6.45, 7) is 9.67. The van der Waals surface area contributed by atoms with Crippen molar-refractivity contribution in [3.05, 3.63) is 30.3 Å². The van der Waals surface area contributed by atoms with Crippen molar-refractivity contribution in [2.75, 3.05) is 19.7 Å². The van der Waals surface area contributed by atoms with E-state index in [0.717, 1.165) is 37.7 Å². The second-order valence-electron chi connectivity index (χ2n) is 5.42. The smallest absolute Gasteiger partial charge is 0.299 e. The van der Waals surface area contributed by atoms with E-state index >= 15 is 0 Å². The first-order valence-corrected chi connectivity index (χ1v) is 7.92. The zero-order chi connectivity index (χ0) is 14.4. The van der Waals surface area contributed by atoms with Gasteiger partial charge in [-0.1, -0.05) is 39.0 Å². The molecular formula is C16H26BNO2. The van der Waals surface area contributed by atoms with Gasteiger partial charge in [0.05, 0.1) is 0 Å². The molecule has 110 valence electrons. The molecule has 0 N–H and O–H groups in total. The third-order valence-corrected chi connectivity index (χ3v) is 4.17. The molecule has 3 nitrogen and oxygen atoms in total. The van der Waals surface area contributed by atoms with Crippen molar-refractivity contribution < 1.29 is 9.49 Å². The number of para-hydroxylation sites is 1. The Hall–Kier alpha value is -0.995. The lowest BCUT2D eigenvalue weighted by molar-refractivity contribution is -0.0680. The molecule has 1 aromatic rings. The molecule has 0 saturated carbocycles. The predicted molar refractivity (Wildman–Crippen MR) is 84.0 cm³/mol. The third kappa shape index (κ3) is 3.77. The van der Waals surface area contributed by atoms with Gasteiger partial charge in [-0.15, -0.1) is 5.06 Å². The van der Waals surface area contributed by atoms with Crippen LogP contribution in [-0.4, -0.2) is 31.7 Å². The summed E-state index contributed by atoms with van der Waals surface area (Å²) < 4.78 is 5.87. The fraction of sp³-hybridized carbons (Fsp3) is 0.625. The summed E-state index contributed by atoms with van der Waals surface area (Å²) in [5, 5.41) is 2.10. The Labute approximate surface area is 123 Å². The second kappa shape index (κ2) is 7.70. The Bertz CT molecular complexity index is 387. The monoisotopic (exact) mass is 275 g/mol. The van der Waals surface area contributed by atoms with E-state index in [4.69, 9.17) is 9.49 Å². The molecule has 4 heteroatoms. The Morgan fingerprint density at radius 3 is 2.75 bits per heavy atom. The first-order chi connectivity index (χ1) is 9.83. The number of hydrogen-bond acceptors (Lipinski definition) is 3. The van der Waals surface area contributed by atoms with Gasteiger partial charge in [-0.2, -0.15) is 0 Å². The van der Waals surface area contributed by atoms with E-state index < -0.39 is 0 Å². The van der Waals surface area contributed by atoms with Gasteiger partial charge in [-0.25, -0.2) is 0 Å². The summed E-state index contributed by atoms with van der Waals surface area (Å²) in [6, 6.07) is 10.0. The molecule has 2 heterocycles. The van der Waals surface area contributed by atoms with Crippen LogP contribution in [0.1, 0.15) is 27.2 Å². The Morgan fingerprint density at radius 2 is 2.00 bits per heavy atom. The van der Waals surface area contributed by atoms with E-state index in [1.165, 1.54) is 6.42 Å². The van der Waals surface area contributed by atoms with Gasteiger partial charge in [-0.05, 0) is 36.6 Å². The molecule has 0 spiro atoms. The highest BCUT2D eigenvalue weighted by Crippen LogP contribution is 2.35. The van der Waals surface area contributed by atoms with Crippen molar-refractivity contribution in [1.29, 1.82) is 0 Å². The number of rotatable bonds is 2. The van der Waals surface area contributed by atoms with Gasteiger partial charge < -0.3 is 9.49 Å². The summed E-state index contributed by atoms with van der Waals surface area (Å²) >= 11 is 0. The highest BCUT2D eigenvalue weighted by molar-refractivity contribution is 6.54. The van der Waals surface area contributed by atoms with Crippen LogP contribution in [-0.2, 0) is 4.65 Å². The molecule has 0 aromatic heterocycles. The number of benzene rings is 1. The molecule has 2 aliphatic rings. The van der Waals surface area contributed by atoms with Crippen LogP contribution in [0, 0.1) is 5.92 Å². The molecule has 2 atom stereocenters. The predicted octanol–water partition coefficient (Wildman–Crippen LogP) is 3.74. The van der Waals surface area contributed by atoms with Crippen LogP contribution in [0.4, 0.5) is 0 Å². The summed E-state index contributed by atoms with van der Waals surface area (Å²) in [5.74, 6) is 2.29. The Balaban J connectivity index is 0.000000704. The summed E-state index contributed by atoms with van der Waals surface area (Å²) in [4.78, 5) is 5.93. The average Bonchev–Trinajstić information content (AvgIpc) is 2.51. The van der Waals surface area contributed by atoms with Crippen LogP contribution in [0.2, 0.25) is 12.1 Å². The van der Waals surface area contributed by atoms with E-state index in [-0.39, 0.29) is 0 Å². The van der Waals surface area contributed by atoms with Crippen LogP contribution in [0.25, 0.3) is 0 Å². The summed E-state index contributed by atoms with van der Waals surface area (Å²) in [7, 11) is 0. The number of fused-ring (bicyclic) bond motifs is 1. The van der Waals surface area contributed by atoms with Crippen molar-refractivity contribution in [1.82, 2.24) is 5.06 Å². The highest BCUT2D eigenvalue weighted by atomic mass is 16.7. The molecule has 20 heavy (non-hydrogen) atoms. The summed E-state index contributed by atoms with van der Waals surface area (Å²) in [6.07, 6.45) is 2.27. The molecule has 2 aliphatic heterocycles. The van der Waals surface area contributed by atoms with Crippen molar-refractivity contribution in [2.24, 2.45) is 5.92 Å². The van der Waals surface area contributed by atoms with Gasteiger partial charge in [0, 0.05) is 19.7 Å². The lowest BCUT2D eigenvalue weighted by Gasteiger charge is -2.41. The molecular weight excluding hydrogens is 249 g/mol. The number of hydroxylamine groups is 2. The molecule has 1 unspecified atom stereocenters. The van der Waals surface area contributed by atoms with E-state index in [9.17, 15) is 0 Å². The van der Waals surface area contributed by atoms with Gasteiger partial charge in [0.2, 0.25) is 0 Å². The van der Waals surface area contributed by atoms with Crippen LogP contribution >= 0.6 is 0 Å². The molecule has 0 bridgehead atoms. The van der Waals surface area contributed by atoms with Crippen molar-refractivity contribution in [3.8, 4) is 5.75 Å². The maximum atomic E-state index is 5.93. The Kier molecular flexibility index (Phi) is 5.93. The Morgan fingerprint density at radius 1 is 1.25 bits per heavy atom. The van der Waals surface area contributed by atoms with Crippen molar-refractivity contribution >= 4 is 6.92 Å². The van der Waals surface area contributed by atoms with Gasteiger partial charge in [-0.3, -0.25) is 0 Å². The third-order valence-electron chi connectivity index (χ3n) is 4.17. The molecule has 1 aromatic carbocycles. The van der Waals surface area contributed by atoms with E-state index in [2.05, 4.69) is 12.0 Å². The molecule has 2 fully saturated rings. The van der Waals surface area contributed by atoms with Crippen molar-refractivity contribution in [2.45, 2.75) is 39.3 Å². The first kappa shape index (κ1) is 15.4. The molecule has 0 amide bonds. The van der Waals surface area contributed by atoms with Gasteiger partial charge >= 0.3 is 0 Å². The number of hydrogen-bond donors (Lipinski definition) is 0. The number of nitrogens with zero attached hydrogens (tertiary/aromatic N) is 1. The molecule has 2 saturated heterocycles. The molecule has 3 rings (SSSR count). The van der Waals surface area contributed by atoms with E-state index in [1.807, 2.05) is 44.2 Å². The minimum absolute atomic E-state index is 0.448. The SMILES string of the molecule is CC.CC1CCOB2CCN(Oc3ccccc3)C[C@H]21. The average molecular weight is 275 g/mol. The second-order valence-corrected chi connectivity index (χ2v) is 5.42. The van der Waals surface area contributed by atoms with E-state index in [1.54, 1.807) is 0 Å². The lowest BCUT2D eigenvalue weighted by Crippen LogP contribution is -2.49. The minimum atomic E-state index is 0.448. The molecule has 0 radical (unpaired) electrons. The fourth-order valence-electron chi connectivity index (χ4n) is 3.02. The fourth-order valence-corrected chi connectivity index (χ4v) is 3.02. The zero-order valence-electron chi connectivity index (χ0n) is 12.9.